The minimum absolute atomic E-state index is 0.990. The smallest absolute Gasteiger partial charge is 0.0919 e. The maximum absolute atomic E-state index is 4.47. The molecule has 2 nitrogen and oxygen atoms in total. The number of thiazole rings is 2. The SMILES string of the molecule is C=C1c2nc(C)sc2-c2sc(C)nc21. The van der Waals surface area contributed by atoms with E-state index in [0.717, 1.165) is 27.0 Å². The molecule has 0 aromatic carbocycles. The van der Waals surface area contributed by atoms with Crippen molar-refractivity contribution in [2.24, 2.45) is 0 Å². The molecule has 0 saturated carbocycles. The Balaban J connectivity index is 2.37. The van der Waals surface area contributed by atoms with Crippen LogP contribution in [0.5, 0.6) is 0 Å². The predicted molar refractivity (Wildman–Crippen MR) is 60.8 cm³/mol. The molecule has 0 amide bonds. The van der Waals surface area contributed by atoms with Crippen LogP contribution in [0.2, 0.25) is 0 Å². The van der Waals surface area contributed by atoms with Crippen molar-refractivity contribution in [2.45, 2.75) is 13.8 Å². The molecule has 0 spiro atoms. The Morgan fingerprint density at radius 1 is 0.929 bits per heavy atom. The molecule has 0 saturated heterocycles. The molecule has 2 heterocycles. The van der Waals surface area contributed by atoms with Crippen molar-refractivity contribution in [1.82, 2.24) is 9.97 Å². The Kier molecular flexibility index (Phi) is 1.50. The van der Waals surface area contributed by atoms with Gasteiger partial charge in [0.2, 0.25) is 0 Å². The van der Waals surface area contributed by atoms with Crippen molar-refractivity contribution in [2.75, 3.05) is 0 Å². The highest BCUT2D eigenvalue weighted by Gasteiger charge is 2.29. The largest absolute Gasteiger partial charge is 0.241 e. The fourth-order valence-electron chi connectivity index (χ4n) is 1.68. The molecule has 0 fully saturated rings. The summed E-state index contributed by atoms with van der Waals surface area (Å²) in [5, 5.41) is 2.21. The summed E-state index contributed by atoms with van der Waals surface area (Å²) >= 11 is 3.47. The highest BCUT2D eigenvalue weighted by atomic mass is 32.1. The summed E-state index contributed by atoms with van der Waals surface area (Å²) in [4.78, 5) is 11.5. The number of nitrogens with zero attached hydrogens (tertiary/aromatic N) is 2. The third kappa shape index (κ3) is 0.898. The molecule has 3 rings (SSSR count). The van der Waals surface area contributed by atoms with Crippen LogP contribution < -0.4 is 0 Å². The molecule has 0 bridgehead atoms. The van der Waals surface area contributed by atoms with E-state index in [9.17, 15) is 0 Å². The van der Waals surface area contributed by atoms with Crippen molar-refractivity contribution >= 4 is 28.2 Å². The van der Waals surface area contributed by atoms with Crippen molar-refractivity contribution in [1.29, 1.82) is 0 Å². The summed E-state index contributed by atoms with van der Waals surface area (Å²) < 4.78 is 0. The van der Waals surface area contributed by atoms with Gasteiger partial charge in [-0.1, -0.05) is 6.58 Å². The minimum atomic E-state index is 0.990. The molecule has 1 aliphatic rings. The molecule has 1 aliphatic carbocycles. The molecular weight excluding hydrogens is 212 g/mol. The van der Waals surface area contributed by atoms with E-state index in [1.165, 1.54) is 9.75 Å². The average Bonchev–Trinajstić information content (AvgIpc) is 2.71. The summed E-state index contributed by atoms with van der Waals surface area (Å²) in [5.41, 5.74) is 3.08. The fourth-order valence-corrected chi connectivity index (χ4v) is 3.71. The second-order valence-corrected chi connectivity index (χ2v) is 5.71. The fraction of sp³-hybridized carbons (Fsp3) is 0.200. The first-order chi connectivity index (χ1) is 6.66. The van der Waals surface area contributed by atoms with Gasteiger partial charge in [0.1, 0.15) is 0 Å². The first-order valence-electron chi connectivity index (χ1n) is 4.31. The number of aryl methyl sites for hydroxylation is 2. The molecule has 2 aromatic heterocycles. The molecule has 0 radical (unpaired) electrons. The zero-order valence-electron chi connectivity index (χ0n) is 7.92. The van der Waals surface area contributed by atoms with E-state index in [0.29, 0.717) is 0 Å². The average molecular weight is 220 g/mol. The monoisotopic (exact) mass is 220 g/mol. The van der Waals surface area contributed by atoms with Crippen molar-refractivity contribution in [3.8, 4) is 9.75 Å². The summed E-state index contributed by atoms with van der Waals surface area (Å²) in [6.45, 7) is 8.12. The lowest BCUT2D eigenvalue weighted by Gasteiger charge is -1.90. The van der Waals surface area contributed by atoms with Gasteiger partial charge in [-0.25, -0.2) is 9.97 Å². The summed E-state index contributed by atoms with van der Waals surface area (Å²) in [6, 6.07) is 0. The molecular formula is C10H8N2S2. The van der Waals surface area contributed by atoms with Crippen molar-refractivity contribution < 1.29 is 0 Å². The van der Waals surface area contributed by atoms with Gasteiger partial charge >= 0.3 is 0 Å². The Bertz CT molecular complexity index is 500. The number of aromatic nitrogens is 2. The number of rotatable bonds is 0. The second kappa shape index (κ2) is 2.52. The van der Waals surface area contributed by atoms with Crippen LogP contribution in [0.3, 0.4) is 0 Å². The Hall–Kier alpha value is -1.00. The Morgan fingerprint density at radius 2 is 1.36 bits per heavy atom. The molecule has 4 heteroatoms. The van der Waals surface area contributed by atoms with Gasteiger partial charge in [0.25, 0.3) is 0 Å². The minimum Gasteiger partial charge on any atom is -0.241 e. The number of fused-ring (bicyclic) bond motifs is 3. The van der Waals surface area contributed by atoms with E-state index in [4.69, 9.17) is 0 Å². The Labute approximate surface area is 90.0 Å². The zero-order chi connectivity index (χ0) is 9.87. The second-order valence-electron chi connectivity index (χ2n) is 3.30. The van der Waals surface area contributed by atoms with Gasteiger partial charge in [0, 0.05) is 5.57 Å². The van der Waals surface area contributed by atoms with E-state index in [1.54, 1.807) is 22.7 Å². The molecule has 0 atom stereocenters. The van der Waals surface area contributed by atoms with Crippen LogP contribution in [-0.2, 0) is 0 Å². The molecule has 2 aromatic rings. The van der Waals surface area contributed by atoms with E-state index in [2.05, 4.69) is 16.5 Å². The van der Waals surface area contributed by atoms with E-state index < -0.39 is 0 Å². The maximum Gasteiger partial charge on any atom is 0.0919 e. The van der Waals surface area contributed by atoms with Crippen LogP contribution in [0.15, 0.2) is 6.58 Å². The first kappa shape index (κ1) is 8.32. The number of hydrogen-bond acceptors (Lipinski definition) is 4. The number of hydrogen-bond donors (Lipinski definition) is 0. The highest BCUT2D eigenvalue weighted by Crippen LogP contribution is 2.48. The molecule has 0 N–H and O–H groups in total. The van der Waals surface area contributed by atoms with Crippen LogP contribution in [-0.4, -0.2) is 9.97 Å². The van der Waals surface area contributed by atoms with E-state index in [1.807, 2.05) is 13.8 Å². The lowest BCUT2D eigenvalue weighted by molar-refractivity contribution is 1.24. The summed E-state index contributed by atoms with van der Waals surface area (Å²) in [6.07, 6.45) is 0. The lowest BCUT2D eigenvalue weighted by atomic mass is 10.2. The van der Waals surface area contributed by atoms with Crippen LogP contribution in [0.25, 0.3) is 15.3 Å². The van der Waals surface area contributed by atoms with Crippen LogP contribution in [0.4, 0.5) is 0 Å². The van der Waals surface area contributed by atoms with Gasteiger partial charge in [-0.15, -0.1) is 22.7 Å². The van der Waals surface area contributed by atoms with Crippen LogP contribution in [0.1, 0.15) is 21.4 Å². The molecule has 70 valence electrons. The third-order valence-electron chi connectivity index (χ3n) is 2.25. The van der Waals surface area contributed by atoms with Crippen LogP contribution >= 0.6 is 22.7 Å². The van der Waals surface area contributed by atoms with Crippen LogP contribution in [0, 0.1) is 13.8 Å². The van der Waals surface area contributed by atoms with Gasteiger partial charge in [-0.2, -0.15) is 0 Å². The third-order valence-corrected chi connectivity index (χ3v) is 4.35. The van der Waals surface area contributed by atoms with Gasteiger partial charge in [-0.05, 0) is 13.8 Å². The topological polar surface area (TPSA) is 25.8 Å². The normalized spacial score (nSPS) is 13.1. The van der Waals surface area contributed by atoms with Gasteiger partial charge < -0.3 is 0 Å². The van der Waals surface area contributed by atoms with Crippen molar-refractivity contribution in [3.63, 3.8) is 0 Å². The molecule has 14 heavy (non-hydrogen) atoms. The standard InChI is InChI=1S/C10H8N2S2/c1-4-7-9(13-5(2)11-7)10-8(4)12-6(3)14-10/h1H2,2-3H3. The first-order valence-corrected chi connectivity index (χ1v) is 5.95. The quantitative estimate of drug-likeness (QED) is 0.581. The zero-order valence-corrected chi connectivity index (χ0v) is 9.55. The van der Waals surface area contributed by atoms with Gasteiger partial charge in [-0.3, -0.25) is 0 Å². The van der Waals surface area contributed by atoms with Crippen molar-refractivity contribution in [3.05, 3.63) is 28.0 Å². The van der Waals surface area contributed by atoms with E-state index in [-0.39, 0.29) is 0 Å². The molecule has 0 unspecified atom stereocenters. The summed E-state index contributed by atoms with van der Waals surface area (Å²) in [7, 11) is 0. The predicted octanol–water partition coefficient (Wildman–Crippen LogP) is 3.26. The van der Waals surface area contributed by atoms with Gasteiger partial charge in [0.15, 0.2) is 0 Å². The molecule has 0 aliphatic heterocycles. The summed E-state index contributed by atoms with van der Waals surface area (Å²) in [5.74, 6) is 0. The van der Waals surface area contributed by atoms with E-state index >= 15 is 0 Å². The lowest BCUT2D eigenvalue weighted by Crippen LogP contribution is -1.82. The highest BCUT2D eigenvalue weighted by molar-refractivity contribution is 7.22. The Morgan fingerprint density at radius 3 is 1.79 bits per heavy atom. The maximum atomic E-state index is 4.47. The van der Waals surface area contributed by atoms with Gasteiger partial charge in [0.05, 0.1) is 31.2 Å².